The molecule has 0 radical (unpaired) electrons. The minimum absolute atomic E-state index is 0. The van der Waals surface area contributed by atoms with E-state index in [1.807, 2.05) is 0 Å². The molecule has 26 heavy (non-hydrogen) atoms. The van der Waals surface area contributed by atoms with Crippen molar-refractivity contribution >= 4 is 29.9 Å². The first-order chi connectivity index (χ1) is 12.4. The summed E-state index contributed by atoms with van der Waals surface area (Å²) >= 11 is 0. The third-order valence-corrected chi connectivity index (χ3v) is 4.44. The average Bonchev–Trinajstić information content (AvgIpc) is 3.32. The van der Waals surface area contributed by atoms with Gasteiger partial charge in [0, 0.05) is 52.5 Å². The van der Waals surface area contributed by atoms with Crippen LogP contribution in [0.15, 0.2) is 4.99 Å². The maximum atomic E-state index is 5.69. The molecule has 0 spiro atoms. The molecule has 7 nitrogen and oxygen atoms in total. The number of rotatable bonds is 12. The fourth-order valence-electron chi connectivity index (χ4n) is 2.94. The molecule has 0 saturated carbocycles. The molecular formula is C18H36IN3O4. The molecular weight excluding hydrogens is 449 g/mol. The van der Waals surface area contributed by atoms with Gasteiger partial charge in [-0.1, -0.05) is 0 Å². The van der Waals surface area contributed by atoms with Crippen LogP contribution in [0.2, 0.25) is 0 Å². The fourth-order valence-corrected chi connectivity index (χ4v) is 2.94. The van der Waals surface area contributed by atoms with Crippen LogP contribution in [-0.2, 0) is 18.9 Å². The van der Waals surface area contributed by atoms with Gasteiger partial charge in [0.05, 0.1) is 25.9 Å². The predicted molar refractivity (Wildman–Crippen MR) is 114 cm³/mol. The third-order valence-electron chi connectivity index (χ3n) is 4.44. The maximum Gasteiger partial charge on any atom is 0.190 e. The van der Waals surface area contributed by atoms with Gasteiger partial charge in [-0.2, -0.15) is 0 Å². The molecule has 2 rings (SSSR count). The van der Waals surface area contributed by atoms with Gasteiger partial charge in [-0.05, 0) is 32.1 Å². The minimum Gasteiger partial charge on any atom is -0.381 e. The van der Waals surface area contributed by atoms with Crippen molar-refractivity contribution in [1.82, 2.24) is 10.6 Å². The molecule has 0 aromatic carbocycles. The Morgan fingerprint density at radius 1 is 1.04 bits per heavy atom. The zero-order valence-electron chi connectivity index (χ0n) is 16.0. The smallest absolute Gasteiger partial charge is 0.190 e. The topological polar surface area (TPSA) is 73.3 Å². The Balaban J connectivity index is 0.00000338. The van der Waals surface area contributed by atoms with Crippen molar-refractivity contribution in [2.75, 3.05) is 66.4 Å². The number of ether oxygens (including phenoxy) is 4. The molecule has 154 valence electrons. The lowest BCUT2D eigenvalue weighted by Gasteiger charge is -2.13. The standard InChI is InChI=1S/C18H35N3O4.HI/c1-19-18(20-7-3-9-22-13-16-6-12-24-14-16)21-8-4-10-23-15-17-5-2-11-25-17;/h16-17H,2-15H2,1H3,(H2,19,20,21);1H. The van der Waals surface area contributed by atoms with E-state index in [4.69, 9.17) is 18.9 Å². The largest absolute Gasteiger partial charge is 0.381 e. The summed E-state index contributed by atoms with van der Waals surface area (Å²) in [4.78, 5) is 4.23. The van der Waals surface area contributed by atoms with E-state index in [0.717, 1.165) is 97.4 Å². The molecule has 0 aromatic heterocycles. The average molecular weight is 485 g/mol. The summed E-state index contributed by atoms with van der Waals surface area (Å²) in [6.45, 7) is 7.40. The summed E-state index contributed by atoms with van der Waals surface area (Å²) < 4.78 is 22.2. The summed E-state index contributed by atoms with van der Waals surface area (Å²) in [6, 6.07) is 0. The number of aliphatic imine (C=N–C) groups is 1. The van der Waals surface area contributed by atoms with E-state index in [9.17, 15) is 0 Å². The number of hydrogen-bond donors (Lipinski definition) is 2. The van der Waals surface area contributed by atoms with E-state index in [1.165, 1.54) is 0 Å². The van der Waals surface area contributed by atoms with E-state index in [-0.39, 0.29) is 24.0 Å². The zero-order valence-corrected chi connectivity index (χ0v) is 18.4. The van der Waals surface area contributed by atoms with Crippen molar-refractivity contribution in [3.63, 3.8) is 0 Å². The Hall–Kier alpha value is -0.160. The van der Waals surface area contributed by atoms with Crippen LogP contribution in [-0.4, -0.2) is 78.4 Å². The van der Waals surface area contributed by atoms with Crippen LogP contribution in [0.25, 0.3) is 0 Å². The van der Waals surface area contributed by atoms with Crippen LogP contribution in [0, 0.1) is 5.92 Å². The Morgan fingerprint density at radius 2 is 1.77 bits per heavy atom. The summed E-state index contributed by atoms with van der Waals surface area (Å²) in [5, 5.41) is 6.61. The molecule has 2 heterocycles. The van der Waals surface area contributed by atoms with Gasteiger partial charge in [-0.3, -0.25) is 4.99 Å². The second-order valence-corrected chi connectivity index (χ2v) is 6.65. The van der Waals surface area contributed by atoms with E-state index >= 15 is 0 Å². The number of guanidine groups is 1. The normalized spacial score (nSPS) is 23.0. The zero-order chi connectivity index (χ0) is 17.6. The Labute approximate surface area is 175 Å². The van der Waals surface area contributed by atoms with Gasteiger partial charge in [0.25, 0.3) is 0 Å². The van der Waals surface area contributed by atoms with Crippen molar-refractivity contribution in [2.24, 2.45) is 10.9 Å². The number of hydrogen-bond acceptors (Lipinski definition) is 5. The van der Waals surface area contributed by atoms with Crippen LogP contribution in [0.1, 0.15) is 32.1 Å². The van der Waals surface area contributed by atoms with E-state index in [1.54, 1.807) is 7.05 Å². The van der Waals surface area contributed by atoms with Crippen LogP contribution in [0.3, 0.4) is 0 Å². The van der Waals surface area contributed by atoms with Crippen LogP contribution >= 0.6 is 24.0 Å². The summed E-state index contributed by atoms with van der Waals surface area (Å²) in [5.41, 5.74) is 0. The lowest BCUT2D eigenvalue weighted by molar-refractivity contribution is 0.0168. The van der Waals surface area contributed by atoms with E-state index < -0.39 is 0 Å². The monoisotopic (exact) mass is 485 g/mol. The molecule has 0 aromatic rings. The highest BCUT2D eigenvalue weighted by molar-refractivity contribution is 14.0. The van der Waals surface area contributed by atoms with Crippen molar-refractivity contribution in [1.29, 1.82) is 0 Å². The molecule has 0 amide bonds. The Bertz CT molecular complexity index is 332. The van der Waals surface area contributed by atoms with Gasteiger partial charge in [0.2, 0.25) is 0 Å². The molecule has 0 aliphatic carbocycles. The van der Waals surface area contributed by atoms with Gasteiger partial charge < -0.3 is 29.6 Å². The van der Waals surface area contributed by atoms with Crippen molar-refractivity contribution in [3.05, 3.63) is 0 Å². The molecule has 2 saturated heterocycles. The molecule has 2 unspecified atom stereocenters. The number of nitrogens with one attached hydrogen (secondary N) is 2. The summed E-state index contributed by atoms with van der Waals surface area (Å²) in [5.74, 6) is 1.42. The molecule has 2 aliphatic rings. The number of halogens is 1. The summed E-state index contributed by atoms with van der Waals surface area (Å²) in [7, 11) is 1.79. The van der Waals surface area contributed by atoms with Gasteiger partial charge in [-0.15, -0.1) is 24.0 Å². The lowest BCUT2D eigenvalue weighted by Crippen LogP contribution is -2.38. The lowest BCUT2D eigenvalue weighted by atomic mass is 10.1. The maximum absolute atomic E-state index is 5.69. The highest BCUT2D eigenvalue weighted by atomic mass is 127. The van der Waals surface area contributed by atoms with Gasteiger partial charge in [0.15, 0.2) is 5.96 Å². The van der Waals surface area contributed by atoms with E-state index in [0.29, 0.717) is 12.0 Å². The fraction of sp³-hybridized carbons (Fsp3) is 0.944. The SMILES string of the molecule is CN=C(NCCCOCC1CCOC1)NCCCOCC1CCCO1.I. The molecule has 2 N–H and O–H groups in total. The molecule has 8 heteroatoms. The quantitative estimate of drug-likeness (QED) is 0.190. The van der Waals surface area contributed by atoms with Gasteiger partial charge in [-0.25, -0.2) is 0 Å². The van der Waals surface area contributed by atoms with Crippen LogP contribution < -0.4 is 10.6 Å². The third kappa shape index (κ3) is 10.9. The van der Waals surface area contributed by atoms with Gasteiger partial charge >= 0.3 is 0 Å². The minimum atomic E-state index is 0. The summed E-state index contributed by atoms with van der Waals surface area (Å²) in [6.07, 6.45) is 5.67. The van der Waals surface area contributed by atoms with Crippen molar-refractivity contribution in [3.8, 4) is 0 Å². The van der Waals surface area contributed by atoms with Crippen LogP contribution in [0.5, 0.6) is 0 Å². The number of nitrogens with zero attached hydrogens (tertiary/aromatic N) is 1. The second kappa shape index (κ2) is 15.9. The van der Waals surface area contributed by atoms with E-state index in [2.05, 4.69) is 15.6 Å². The highest BCUT2D eigenvalue weighted by Gasteiger charge is 2.15. The van der Waals surface area contributed by atoms with Crippen molar-refractivity contribution < 1.29 is 18.9 Å². The Kier molecular flexibility index (Phi) is 14.6. The molecule has 2 atom stereocenters. The highest BCUT2D eigenvalue weighted by Crippen LogP contribution is 2.12. The first kappa shape index (κ1) is 23.9. The van der Waals surface area contributed by atoms with Gasteiger partial charge in [0.1, 0.15) is 0 Å². The molecule has 0 bridgehead atoms. The molecule has 2 aliphatic heterocycles. The second-order valence-electron chi connectivity index (χ2n) is 6.65. The predicted octanol–water partition coefficient (Wildman–Crippen LogP) is 1.80. The Morgan fingerprint density at radius 3 is 2.35 bits per heavy atom. The first-order valence-corrected chi connectivity index (χ1v) is 9.68. The van der Waals surface area contributed by atoms with Crippen LogP contribution in [0.4, 0.5) is 0 Å². The first-order valence-electron chi connectivity index (χ1n) is 9.68. The molecule has 2 fully saturated rings. The van der Waals surface area contributed by atoms with Crippen molar-refractivity contribution in [2.45, 2.75) is 38.2 Å².